The Hall–Kier alpha value is -2.59. The van der Waals surface area contributed by atoms with Crippen LogP contribution < -0.4 is 5.73 Å². The Bertz CT molecular complexity index is 796. The first kappa shape index (κ1) is 13.4. The quantitative estimate of drug-likeness (QED) is 0.754. The third kappa shape index (κ3) is 2.41. The molecule has 2 N–H and O–H groups in total. The third-order valence-electron chi connectivity index (χ3n) is 3.17. The molecular weight excluding hydrogens is 286 g/mol. The number of carbonyl (C=O) groups excluding carboxylic acids is 1. The number of halogens is 1. The number of rotatable bonds is 3. The largest absolute Gasteiger partial charge is 0.383 e. The maximum atomic E-state index is 12.5. The molecule has 0 aliphatic heterocycles. The predicted molar refractivity (Wildman–Crippen MR) is 82.9 cm³/mol. The van der Waals surface area contributed by atoms with Gasteiger partial charge in [-0.15, -0.1) is 0 Å². The second-order valence-corrected chi connectivity index (χ2v) is 4.91. The lowest BCUT2D eigenvalue weighted by Crippen LogP contribution is -2.07. The smallest absolute Gasteiger partial charge is 0.199 e. The highest BCUT2D eigenvalue weighted by Crippen LogP contribution is 2.23. The molecule has 0 atom stereocenters. The lowest BCUT2D eigenvalue weighted by molar-refractivity contribution is 0.103. The maximum absolute atomic E-state index is 12.5. The van der Waals surface area contributed by atoms with Crippen LogP contribution in [0.15, 0.2) is 60.8 Å². The molecule has 0 saturated carbocycles. The Labute approximate surface area is 126 Å². The first-order valence-corrected chi connectivity index (χ1v) is 6.74. The third-order valence-corrected chi connectivity index (χ3v) is 3.50. The van der Waals surface area contributed by atoms with Crippen molar-refractivity contribution < 1.29 is 4.79 Å². The lowest BCUT2D eigenvalue weighted by atomic mass is 10.1. The number of anilines is 1. The second-order valence-electron chi connectivity index (χ2n) is 4.50. The molecule has 4 nitrogen and oxygen atoms in total. The van der Waals surface area contributed by atoms with Gasteiger partial charge in [-0.05, 0) is 24.3 Å². The fourth-order valence-corrected chi connectivity index (χ4v) is 2.32. The van der Waals surface area contributed by atoms with Gasteiger partial charge < -0.3 is 5.73 Å². The van der Waals surface area contributed by atoms with Crippen LogP contribution in [0.4, 0.5) is 5.82 Å². The van der Waals surface area contributed by atoms with E-state index >= 15 is 0 Å². The van der Waals surface area contributed by atoms with Gasteiger partial charge in [-0.25, -0.2) is 4.68 Å². The normalized spacial score (nSPS) is 10.5. The molecule has 0 saturated heterocycles. The zero-order valence-corrected chi connectivity index (χ0v) is 11.8. The van der Waals surface area contributed by atoms with Gasteiger partial charge in [0.1, 0.15) is 5.82 Å². The van der Waals surface area contributed by atoms with Crippen molar-refractivity contribution in [1.29, 1.82) is 0 Å². The Morgan fingerprint density at radius 1 is 1.00 bits per heavy atom. The highest BCUT2D eigenvalue weighted by molar-refractivity contribution is 6.35. The summed E-state index contributed by atoms with van der Waals surface area (Å²) in [5.74, 6) is 0.0615. The van der Waals surface area contributed by atoms with Crippen molar-refractivity contribution in [2.24, 2.45) is 0 Å². The summed E-state index contributed by atoms with van der Waals surface area (Å²) in [5, 5.41) is 4.59. The molecular formula is C16H12ClN3O. The topological polar surface area (TPSA) is 60.9 Å². The molecule has 104 valence electrons. The Kier molecular flexibility index (Phi) is 3.46. The molecule has 1 heterocycles. The first-order valence-electron chi connectivity index (χ1n) is 6.36. The highest BCUT2D eigenvalue weighted by Gasteiger charge is 2.19. The number of nitrogen functional groups attached to an aromatic ring is 1. The van der Waals surface area contributed by atoms with Crippen LogP contribution in [-0.2, 0) is 0 Å². The molecule has 21 heavy (non-hydrogen) atoms. The first-order chi connectivity index (χ1) is 10.2. The van der Waals surface area contributed by atoms with Gasteiger partial charge in [0.05, 0.1) is 22.5 Å². The van der Waals surface area contributed by atoms with Crippen LogP contribution >= 0.6 is 11.6 Å². The van der Waals surface area contributed by atoms with Gasteiger partial charge in [0.25, 0.3) is 0 Å². The number of hydrogen-bond donors (Lipinski definition) is 1. The number of carbonyl (C=O) groups is 1. The minimum atomic E-state index is -0.236. The van der Waals surface area contributed by atoms with Crippen LogP contribution in [0.5, 0.6) is 0 Å². The van der Waals surface area contributed by atoms with Gasteiger partial charge in [0, 0.05) is 5.56 Å². The van der Waals surface area contributed by atoms with E-state index in [0.717, 1.165) is 5.69 Å². The molecule has 0 aliphatic rings. The van der Waals surface area contributed by atoms with Crippen LogP contribution in [0.25, 0.3) is 5.69 Å². The highest BCUT2D eigenvalue weighted by atomic mass is 35.5. The molecule has 1 aromatic heterocycles. The standard InChI is InChI=1S/C16H12ClN3O/c17-14-9-5-4-8-12(14)15(21)13-10-19-20(16(13)18)11-6-2-1-3-7-11/h1-10H,18H2. The fraction of sp³-hybridized carbons (Fsp3) is 0. The summed E-state index contributed by atoms with van der Waals surface area (Å²) in [7, 11) is 0. The van der Waals surface area contributed by atoms with E-state index in [0.29, 0.717) is 22.0 Å². The van der Waals surface area contributed by atoms with Gasteiger partial charge in [-0.3, -0.25) is 4.79 Å². The fourth-order valence-electron chi connectivity index (χ4n) is 2.10. The minimum Gasteiger partial charge on any atom is -0.383 e. The molecule has 2 aromatic carbocycles. The summed E-state index contributed by atoms with van der Waals surface area (Å²) in [4.78, 5) is 12.5. The van der Waals surface area contributed by atoms with Crippen molar-refractivity contribution in [3.8, 4) is 5.69 Å². The number of nitrogens with zero attached hydrogens (tertiary/aromatic N) is 2. The van der Waals surface area contributed by atoms with Gasteiger partial charge in [-0.1, -0.05) is 41.9 Å². The molecule has 0 spiro atoms. The van der Waals surface area contributed by atoms with E-state index in [-0.39, 0.29) is 5.78 Å². The van der Waals surface area contributed by atoms with E-state index in [1.165, 1.54) is 10.9 Å². The Morgan fingerprint density at radius 2 is 1.67 bits per heavy atom. The second kappa shape index (κ2) is 5.42. The zero-order chi connectivity index (χ0) is 14.8. The summed E-state index contributed by atoms with van der Waals surface area (Å²) in [6.07, 6.45) is 1.47. The van der Waals surface area contributed by atoms with Crippen LogP contribution in [0.2, 0.25) is 5.02 Å². The van der Waals surface area contributed by atoms with Gasteiger partial charge in [0.15, 0.2) is 5.78 Å². The van der Waals surface area contributed by atoms with E-state index in [1.54, 1.807) is 24.3 Å². The average molecular weight is 298 g/mol. The van der Waals surface area contributed by atoms with Crippen LogP contribution in [-0.4, -0.2) is 15.6 Å². The predicted octanol–water partition coefficient (Wildman–Crippen LogP) is 3.34. The van der Waals surface area contributed by atoms with E-state index < -0.39 is 0 Å². The maximum Gasteiger partial charge on any atom is 0.199 e. The number of ketones is 1. The van der Waals surface area contributed by atoms with Crippen LogP contribution in [0.1, 0.15) is 15.9 Å². The number of para-hydroxylation sites is 1. The summed E-state index contributed by atoms with van der Waals surface area (Å²) in [5.41, 5.74) is 7.61. The average Bonchev–Trinajstić information content (AvgIpc) is 2.90. The van der Waals surface area contributed by atoms with Crippen molar-refractivity contribution in [3.05, 3.63) is 76.9 Å². The van der Waals surface area contributed by atoms with Crippen molar-refractivity contribution in [2.75, 3.05) is 5.73 Å². The number of aromatic nitrogens is 2. The van der Waals surface area contributed by atoms with E-state index in [4.69, 9.17) is 17.3 Å². The van der Waals surface area contributed by atoms with Gasteiger partial charge >= 0.3 is 0 Å². The lowest BCUT2D eigenvalue weighted by Gasteiger charge is -2.05. The molecule has 0 amide bonds. The Balaban J connectivity index is 2.04. The number of hydrogen-bond acceptors (Lipinski definition) is 3. The monoisotopic (exact) mass is 297 g/mol. The van der Waals surface area contributed by atoms with Crippen LogP contribution in [0.3, 0.4) is 0 Å². The summed E-state index contributed by atoms with van der Waals surface area (Å²) in [6, 6.07) is 16.3. The zero-order valence-electron chi connectivity index (χ0n) is 11.0. The number of nitrogens with two attached hydrogens (primary N) is 1. The van der Waals surface area contributed by atoms with E-state index in [9.17, 15) is 4.79 Å². The molecule has 0 fully saturated rings. The van der Waals surface area contributed by atoms with E-state index in [1.807, 2.05) is 30.3 Å². The minimum absolute atomic E-state index is 0.236. The molecule has 0 unspecified atom stereocenters. The summed E-state index contributed by atoms with van der Waals surface area (Å²) in [6.45, 7) is 0. The summed E-state index contributed by atoms with van der Waals surface area (Å²) >= 11 is 6.06. The molecule has 5 heteroatoms. The van der Waals surface area contributed by atoms with Crippen LogP contribution in [0, 0.1) is 0 Å². The molecule has 3 aromatic rings. The van der Waals surface area contributed by atoms with Crippen molar-refractivity contribution in [3.63, 3.8) is 0 Å². The SMILES string of the molecule is Nc1c(C(=O)c2ccccc2Cl)cnn1-c1ccccc1. The Morgan fingerprint density at radius 3 is 2.38 bits per heavy atom. The number of benzene rings is 2. The summed E-state index contributed by atoms with van der Waals surface area (Å²) < 4.78 is 1.53. The molecule has 0 radical (unpaired) electrons. The van der Waals surface area contributed by atoms with Crippen molar-refractivity contribution >= 4 is 23.2 Å². The molecule has 0 aliphatic carbocycles. The van der Waals surface area contributed by atoms with Gasteiger partial charge in [-0.2, -0.15) is 5.10 Å². The molecule has 0 bridgehead atoms. The van der Waals surface area contributed by atoms with Gasteiger partial charge in [0.2, 0.25) is 0 Å². The van der Waals surface area contributed by atoms with Crippen molar-refractivity contribution in [2.45, 2.75) is 0 Å². The van der Waals surface area contributed by atoms with Crippen molar-refractivity contribution in [1.82, 2.24) is 9.78 Å². The molecule has 3 rings (SSSR count). The van der Waals surface area contributed by atoms with E-state index in [2.05, 4.69) is 5.10 Å².